The molecule has 64 valence electrons. The molecule has 11 heavy (non-hydrogen) atoms. The molecule has 0 rings (SSSR count). The standard InChI is InChI=1S/C6H11NO4/c1-2-6(7,5(10)11)3-4(8)9/h2-3,7H2,1H3,(H,8,9)(H,10,11)/t6-/m0/s1. The Hall–Kier alpha value is -1.10. The van der Waals surface area contributed by atoms with Crippen molar-refractivity contribution in [3.05, 3.63) is 0 Å². The molecule has 0 heterocycles. The van der Waals surface area contributed by atoms with E-state index < -0.39 is 23.9 Å². The molecular weight excluding hydrogens is 150 g/mol. The first kappa shape index (κ1) is 9.90. The molecule has 0 aliphatic carbocycles. The van der Waals surface area contributed by atoms with Crippen molar-refractivity contribution in [1.29, 1.82) is 0 Å². The summed E-state index contributed by atoms with van der Waals surface area (Å²) < 4.78 is 0. The maximum atomic E-state index is 10.4. The van der Waals surface area contributed by atoms with Gasteiger partial charge in [-0.25, -0.2) is 0 Å². The average molecular weight is 161 g/mol. The predicted octanol–water partition coefficient (Wildman–Crippen LogP) is -0.347. The van der Waals surface area contributed by atoms with E-state index in [-0.39, 0.29) is 6.42 Å². The van der Waals surface area contributed by atoms with Crippen molar-refractivity contribution in [1.82, 2.24) is 0 Å². The Morgan fingerprint density at radius 1 is 1.45 bits per heavy atom. The van der Waals surface area contributed by atoms with Crippen LogP contribution in [-0.2, 0) is 9.59 Å². The van der Waals surface area contributed by atoms with Gasteiger partial charge in [0.15, 0.2) is 0 Å². The highest BCUT2D eigenvalue weighted by molar-refractivity contribution is 5.84. The summed E-state index contributed by atoms with van der Waals surface area (Å²) in [6.07, 6.45) is -0.437. The summed E-state index contributed by atoms with van der Waals surface area (Å²) in [5, 5.41) is 16.8. The van der Waals surface area contributed by atoms with Crippen molar-refractivity contribution in [2.45, 2.75) is 25.3 Å². The van der Waals surface area contributed by atoms with Crippen molar-refractivity contribution in [2.75, 3.05) is 0 Å². The van der Waals surface area contributed by atoms with Gasteiger partial charge < -0.3 is 15.9 Å². The van der Waals surface area contributed by atoms with Crippen LogP contribution in [0.1, 0.15) is 19.8 Å². The maximum absolute atomic E-state index is 10.4. The van der Waals surface area contributed by atoms with Gasteiger partial charge in [-0.05, 0) is 6.42 Å². The maximum Gasteiger partial charge on any atom is 0.324 e. The summed E-state index contributed by atoms with van der Waals surface area (Å²) in [5.74, 6) is -2.47. The van der Waals surface area contributed by atoms with Crippen molar-refractivity contribution in [2.24, 2.45) is 5.73 Å². The second-order valence-electron chi connectivity index (χ2n) is 2.39. The van der Waals surface area contributed by atoms with Gasteiger partial charge in [-0.3, -0.25) is 9.59 Å². The van der Waals surface area contributed by atoms with Crippen LogP contribution in [0.5, 0.6) is 0 Å². The molecule has 4 N–H and O–H groups in total. The summed E-state index contributed by atoms with van der Waals surface area (Å²) in [4.78, 5) is 20.5. The lowest BCUT2D eigenvalue weighted by atomic mass is 9.94. The van der Waals surface area contributed by atoms with Gasteiger partial charge >= 0.3 is 11.9 Å². The minimum atomic E-state index is -1.62. The van der Waals surface area contributed by atoms with Crippen LogP contribution in [0.25, 0.3) is 0 Å². The fourth-order valence-corrected chi connectivity index (χ4v) is 0.622. The van der Waals surface area contributed by atoms with Crippen molar-refractivity contribution >= 4 is 11.9 Å². The smallest absolute Gasteiger partial charge is 0.324 e. The molecule has 0 aromatic carbocycles. The van der Waals surface area contributed by atoms with E-state index in [4.69, 9.17) is 15.9 Å². The molecule has 5 nitrogen and oxygen atoms in total. The second kappa shape index (κ2) is 3.34. The van der Waals surface area contributed by atoms with Gasteiger partial charge in [0.1, 0.15) is 5.54 Å². The summed E-state index contributed by atoms with van der Waals surface area (Å²) in [6, 6.07) is 0. The van der Waals surface area contributed by atoms with E-state index in [9.17, 15) is 9.59 Å². The number of carbonyl (C=O) groups is 2. The third-order valence-corrected chi connectivity index (χ3v) is 1.52. The zero-order valence-electron chi connectivity index (χ0n) is 6.20. The molecule has 1 atom stereocenters. The molecule has 0 bridgehead atoms. The van der Waals surface area contributed by atoms with Gasteiger partial charge in [-0.15, -0.1) is 0 Å². The Kier molecular flexibility index (Phi) is 3.00. The highest BCUT2D eigenvalue weighted by Gasteiger charge is 2.34. The number of carboxylic acids is 2. The monoisotopic (exact) mass is 161 g/mol. The van der Waals surface area contributed by atoms with Crippen molar-refractivity contribution in [3.63, 3.8) is 0 Å². The number of carboxylic acid groups (broad SMARTS) is 2. The van der Waals surface area contributed by atoms with Crippen molar-refractivity contribution in [3.8, 4) is 0 Å². The number of aliphatic carboxylic acids is 2. The third-order valence-electron chi connectivity index (χ3n) is 1.52. The molecule has 0 aliphatic heterocycles. The van der Waals surface area contributed by atoms with Crippen LogP contribution in [0.15, 0.2) is 0 Å². The van der Waals surface area contributed by atoms with E-state index in [2.05, 4.69) is 0 Å². The van der Waals surface area contributed by atoms with Crippen LogP contribution in [0.3, 0.4) is 0 Å². The molecule has 5 heteroatoms. The lowest BCUT2D eigenvalue weighted by Gasteiger charge is -2.19. The summed E-state index contributed by atoms with van der Waals surface area (Å²) in [7, 11) is 0. The molecule has 0 aromatic heterocycles. The van der Waals surface area contributed by atoms with Crippen LogP contribution in [0.2, 0.25) is 0 Å². The van der Waals surface area contributed by atoms with Crippen LogP contribution in [0.4, 0.5) is 0 Å². The number of rotatable bonds is 4. The minimum absolute atomic E-state index is 0.106. The fraction of sp³-hybridized carbons (Fsp3) is 0.667. The van der Waals surface area contributed by atoms with E-state index in [1.165, 1.54) is 6.92 Å². The summed E-state index contributed by atoms with van der Waals surface area (Å²) in [5.41, 5.74) is 3.64. The molecule has 0 amide bonds. The Morgan fingerprint density at radius 3 is 2.00 bits per heavy atom. The van der Waals surface area contributed by atoms with Crippen LogP contribution in [-0.4, -0.2) is 27.7 Å². The topological polar surface area (TPSA) is 101 Å². The van der Waals surface area contributed by atoms with Gasteiger partial charge in [-0.1, -0.05) is 6.92 Å². The van der Waals surface area contributed by atoms with Crippen LogP contribution >= 0.6 is 0 Å². The van der Waals surface area contributed by atoms with E-state index in [1.54, 1.807) is 0 Å². The van der Waals surface area contributed by atoms with E-state index in [1.807, 2.05) is 0 Å². The molecule has 0 radical (unpaired) electrons. The van der Waals surface area contributed by atoms with Gasteiger partial charge in [0.25, 0.3) is 0 Å². The van der Waals surface area contributed by atoms with Crippen LogP contribution in [0, 0.1) is 0 Å². The van der Waals surface area contributed by atoms with E-state index in [0.29, 0.717) is 0 Å². The lowest BCUT2D eigenvalue weighted by molar-refractivity contribution is -0.150. The highest BCUT2D eigenvalue weighted by atomic mass is 16.4. The third kappa shape index (κ3) is 2.55. The molecule has 0 spiro atoms. The van der Waals surface area contributed by atoms with Gasteiger partial charge in [-0.2, -0.15) is 0 Å². The fourth-order valence-electron chi connectivity index (χ4n) is 0.622. The molecule has 0 aromatic rings. The quantitative estimate of drug-likeness (QED) is 0.523. The largest absolute Gasteiger partial charge is 0.481 e. The minimum Gasteiger partial charge on any atom is -0.481 e. The van der Waals surface area contributed by atoms with Gasteiger partial charge in [0, 0.05) is 0 Å². The Bertz CT molecular complexity index is 179. The number of hydrogen-bond acceptors (Lipinski definition) is 3. The van der Waals surface area contributed by atoms with Crippen molar-refractivity contribution < 1.29 is 19.8 Å². The predicted molar refractivity (Wildman–Crippen MR) is 37.1 cm³/mol. The summed E-state index contributed by atoms with van der Waals surface area (Å²) in [6.45, 7) is 1.54. The van der Waals surface area contributed by atoms with E-state index in [0.717, 1.165) is 0 Å². The Labute approximate surface area is 63.8 Å². The zero-order chi connectivity index (χ0) is 9.07. The SMILES string of the molecule is CC[C@](N)(CC(=O)O)C(=O)O. The summed E-state index contributed by atoms with van der Waals surface area (Å²) >= 11 is 0. The molecule has 0 aliphatic rings. The second-order valence-corrected chi connectivity index (χ2v) is 2.39. The number of nitrogens with two attached hydrogens (primary N) is 1. The number of hydrogen-bond donors (Lipinski definition) is 3. The van der Waals surface area contributed by atoms with Crippen LogP contribution < -0.4 is 5.73 Å². The first-order valence-electron chi connectivity index (χ1n) is 3.16. The first-order chi connectivity index (χ1) is 4.92. The first-order valence-corrected chi connectivity index (χ1v) is 3.16. The molecular formula is C6H11NO4. The van der Waals surface area contributed by atoms with E-state index >= 15 is 0 Å². The molecule has 0 fully saturated rings. The lowest BCUT2D eigenvalue weighted by Crippen LogP contribution is -2.48. The van der Waals surface area contributed by atoms with Gasteiger partial charge in [0.2, 0.25) is 0 Å². The highest BCUT2D eigenvalue weighted by Crippen LogP contribution is 2.11. The normalized spacial score (nSPS) is 15.5. The Balaban J connectivity index is 4.34. The molecule has 0 saturated heterocycles. The zero-order valence-corrected chi connectivity index (χ0v) is 6.20. The van der Waals surface area contributed by atoms with Gasteiger partial charge in [0.05, 0.1) is 6.42 Å². The molecule has 0 saturated carbocycles. The Morgan fingerprint density at radius 2 is 1.91 bits per heavy atom. The molecule has 0 unspecified atom stereocenters. The average Bonchev–Trinajstić information content (AvgIpc) is 1.86.